The molecule has 0 saturated heterocycles. The lowest BCUT2D eigenvalue weighted by Crippen LogP contribution is -1.56. The normalized spacial score (nSPS) is 12.7. The highest BCUT2D eigenvalue weighted by atomic mass is 32.8. The summed E-state index contributed by atoms with van der Waals surface area (Å²) in [6.07, 6.45) is 2.45. The number of hydrogen-bond donors (Lipinski definition) is 0. The zero-order valence-corrected chi connectivity index (χ0v) is 9.27. The average Bonchev–Trinajstić information content (AvgIpc) is 1.89. The standard InChI is InChI=1S/C4H12OP2S2/c1-3-6-8-5-9-7-4-2/h6-7H,3-4H2,1-2H3. The summed E-state index contributed by atoms with van der Waals surface area (Å²) in [5.74, 6) is 0. The van der Waals surface area contributed by atoms with E-state index in [9.17, 15) is 0 Å². The summed E-state index contributed by atoms with van der Waals surface area (Å²) in [5, 5.41) is 0. The predicted molar refractivity (Wildman–Crippen MR) is 54.0 cm³/mol. The molecule has 0 N–H and O–H groups in total. The first-order chi connectivity index (χ1) is 4.41. The zero-order chi connectivity index (χ0) is 6.95. The Morgan fingerprint density at radius 3 is 1.89 bits per heavy atom. The van der Waals surface area contributed by atoms with Crippen LogP contribution in [0.15, 0.2) is 0 Å². The molecule has 0 heterocycles. The maximum absolute atomic E-state index is 5.17. The molecule has 0 aliphatic heterocycles. The van der Waals surface area contributed by atoms with Crippen LogP contribution >= 0.6 is 38.9 Å². The summed E-state index contributed by atoms with van der Waals surface area (Å²) < 4.78 is 5.17. The van der Waals surface area contributed by atoms with Gasteiger partial charge in [-0.3, -0.25) is 0 Å². The summed E-state index contributed by atoms with van der Waals surface area (Å²) in [6, 6.07) is 0. The molecule has 0 aromatic rings. The lowest BCUT2D eigenvalue weighted by Gasteiger charge is -1.96. The monoisotopic (exact) mass is 202 g/mol. The van der Waals surface area contributed by atoms with Crippen molar-refractivity contribution in [1.82, 2.24) is 0 Å². The van der Waals surface area contributed by atoms with Gasteiger partial charge in [-0.2, -0.15) is 0 Å². The third-order valence-electron chi connectivity index (χ3n) is 0.475. The van der Waals surface area contributed by atoms with Gasteiger partial charge < -0.3 is 0 Å². The molecule has 5 heteroatoms. The SMILES string of the molecule is CCPSOSPCC. The number of rotatable bonds is 6. The average molecular weight is 202 g/mol. The molecule has 0 bridgehead atoms. The molecule has 0 fully saturated rings. The van der Waals surface area contributed by atoms with Gasteiger partial charge in [0.25, 0.3) is 0 Å². The molecular weight excluding hydrogens is 190 g/mol. The van der Waals surface area contributed by atoms with Gasteiger partial charge in [-0.15, -0.1) is 0 Å². The van der Waals surface area contributed by atoms with Crippen molar-refractivity contribution in [2.45, 2.75) is 13.8 Å². The topological polar surface area (TPSA) is 9.23 Å². The van der Waals surface area contributed by atoms with Crippen molar-refractivity contribution >= 4 is 38.9 Å². The van der Waals surface area contributed by atoms with Gasteiger partial charge in [-0.25, -0.2) is 3.63 Å². The van der Waals surface area contributed by atoms with Gasteiger partial charge in [0.05, 0.1) is 0 Å². The van der Waals surface area contributed by atoms with Crippen molar-refractivity contribution in [1.29, 1.82) is 0 Å². The van der Waals surface area contributed by atoms with Gasteiger partial charge in [0.2, 0.25) is 0 Å². The third-order valence-corrected chi connectivity index (χ3v) is 5.50. The van der Waals surface area contributed by atoms with Crippen LogP contribution in [0.2, 0.25) is 0 Å². The summed E-state index contributed by atoms with van der Waals surface area (Å²) in [4.78, 5) is 0. The predicted octanol–water partition coefficient (Wildman–Crippen LogP) is 3.53. The Bertz CT molecular complexity index is 49.8. The second kappa shape index (κ2) is 9.52. The van der Waals surface area contributed by atoms with Crippen LogP contribution in [0.3, 0.4) is 0 Å². The van der Waals surface area contributed by atoms with E-state index in [4.69, 9.17) is 3.63 Å². The van der Waals surface area contributed by atoms with E-state index in [0.29, 0.717) is 0 Å². The van der Waals surface area contributed by atoms with Gasteiger partial charge in [0, 0.05) is 23.3 Å². The van der Waals surface area contributed by atoms with E-state index < -0.39 is 0 Å². The molecule has 1 nitrogen and oxygen atoms in total. The maximum atomic E-state index is 5.17. The fraction of sp³-hybridized carbons (Fsp3) is 1.00. The molecule has 0 radical (unpaired) electrons. The van der Waals surface area contributed by atoms with E-state index in [1.807, 2.05) is 0 Å². The molecule has 0 aromatic carbocycles. The third kappa shape index (κ3) is 9.52. The lowest BCUT2D eigenvalue weighted by atomic mass is 11.0. The Morgan fingerprint density at radius 2 is 1.56 bits per heavy atom. The molecule has 2 unspecified atom stereocenters. The molecule has 56 valence electrons. The molecule has 9 heavy (non-hydrogen) atoms. The van der Waals surface area contributed by atoms with Gasteiger partial charge in [-0.1, -0.05) is 13.8 Å². The van der Waals surface area contributed by atoms with E-state index in [1.54, 1.807) is 23.3 Å². The van der Waals surface area contributed by atoms with E-state index in [0.717, 1.165) is 15.6 Å². The fourth-order valence-electron chi connectivity index (χ4n) is 0.183. The molecule has 0 aromatic heterocycles. The highest BCUT2D eigenvalue weighted by Gasteiger charge is 1.86. The zero-order valence-electron chi connectivity index (χ0n) is 5.64. The summed E-state index contributed by atoms with van der Waals surface area (Å²) in [7, 11) is 1.81. The van der Waals surface area contributed by atoms with Gasteiger partial charge >= 0.3 is 0 Å². The Kier molecular flexibility index (Phi) is 11.1. The molecular formula is C4H12OP2S2. The maximum Gasteiger partial charge on any atom is 0.0306 e. The smallest absolute Gasteiger partial charge is 0.0306 e. The first kappa shape index (κ1) is 10.5. The lowest BCUT2D eigenvalue weighted by molar-refractivity contribution is 0.783. The minimum Gasteiger partial charge on any atom is -0.239 e. The van der Waals surface area contributed by atoms with Crippen LogP contribution in [-0.4, -0.2) is 12.3 Å². The Morgan fingerprint density at radius 1 is 1.11 bits per heavy atom. The van der Waals surface area contributed by atoms with Crippen LogP contribution in [0.25, 0.3) is 0 Å². The Labute approximate surface area is 68.9 Å². The molecule has 2 atom stereocenters. The molecule has 0 aliphatic carbocycles. The van der Waals surface area contributed by atoms with Crippen molar-refractivity contribution in [3.8, 4) is 0 Å². The minimum atomic E-state index is 0.904. The highest BCUT2D eigenvalue weighted by Crippen LogP contribution is 2.40. The Balaban J connectivity index is 2.60. The number of hydrogen-bond acceptors (Lipinski definition) is 3. The first-order valence-corrected chi connectivity index (χ1v) is 8.21. The largest absolute Gasteiger partial charge is 0.239 e. The fourth-order valence-corrected chi connectivity index (χ4v) is 3.74. The summed E-state index contributed by atoms with van der Waals surface area (Å²) >= 11 is 3.18. The summed E-state index contributed by atoms with van der Waals surface area (Å²) in [5.41, 5.74) is 0. The van der Waals surface area contributed by atoms with Crippen LogP contribution in [0.1, 0.15) is 13.8 Å². The molecule has 0 rings (SSSR count). The van der Waals surface area contributed by atoms with E-state index in [-0.39, 0.29) is 0 Å². The van der Waals surface area contributed by atoms with Gasteiger partial charge in [0.15, 0.2) is 0 Å². The molecule has 0 aliphatic rings. The van der Waals surface area contributed by atoms with Gasteiger partial charge in [0.1, 0.15) is 0 Å². The van der Waals surface area contributed by atoms with Crippen LogP contribution < -0.4 is 0 Å². The quantitative estimate of drug-likeness (QED) is 0.370. The molecule has 0 amide bonds. The van der Waals surface area contributed by atoms with Crippen molar-refractivity contribution in [2.75, 3.05) is 12.3 Å². The van der Waals surface area contributed by atoms with E-state index in [2.05, 4.69) is 13.8 Å². The van der Waals surface area contributed by atoms with Crippen LogP contribution in [0.4, 0.5) is 0 Å². The second-order valence-corrected chi connectivity index (χ2v) is 6.83. The van der Waals surface area contributed by atoms with Crippen molar-refractivity contribution in [3.63, 3.8) is 0 Å². The molecule has 0 spiro atoms. The first-order valence-electron chi connectivity index (χ1n) is 2.86. The highest BCUT2D eigenvalue weighted by molar-refractivity contribution is 8.55. The van der Waals surface area contributed by atoms with Crippen molar-refractivity contribution < 1.29 is 3.63 Å². The summed E-state index contributed by atoms with van der Waals surface area (Å²) in [6.45, 7) is 4.34. The van der Waals surface area contributed by atoms with Gasteiger partial charge in [-0.05, 0) is 27.9 Å². The van der Waals surface area contributed by atoms with Crippen LogP contribution in [-0.2, 0) is 3.63 Å². The van der Waals surface area contributed by atoms with Crippen molar-refractivity contribution in [2.24, 2.45) is 0 Å². The van der Waals surface area contributed by atoms with Crippen LogP contribution in [0, 0.1) is 0 Å². The Hall–Kier alpha value is 1.52. The minimum absolute atomic E-state index is 0.904. The molecule has 0 saturated carbocycles. The van der Waals surface area contributed by atoms with Crippen LogP contribution in [0.5, 0.6) is 0 Å². The van der Waals surface area contributed by atoms with E-state index in [1.165, 1.54) is 12.3 Å². The van der Waals surface area contributed by atoms with Crippen molar-refractivity contribution in [3.05, 3.63) is 0 Å². The van der Waals surface area contributed by atoms with E-state index >= 15 is 0 Å². The second-order valence-electron chi connectivity index (χ2n) is 1.23.